The molecule has 0 bridgehead atoms. The predicted octanol–water partition coefficient (Wildman–Crippen LogP) is 1.82. The van der Waals surface area contributed by atoms with Crippen LogP contribution in [-0.4, -0.2) is 20.4 Å². The highest BCUT2D eigenvalue weighted by Gasteiger charge is 2.36. The number of benzene rings is 1. The zero-order valence-corrected chi connectivity index (χ0v) is 12.9. The molecule has 7 heteroatoms. The van der Waals surface area contributed by atoms with E-state index in [4.69, 9.17) is 16.7 Å². The van der Waals surface area contributed by atoms with Crippen molar-refractivity contribution in [2.24, 2.45) is 11.1 Å². The number of hydrogen-bond donors (Lipinski definition) is 2. The van der Waals surface area contributed by atoms with E-state index in [0.717, 1.165) is 12.8 Å². The van der Waals surface area contributed by atoms with Crippen molar-refractivity contribution in [2.45, 2.75) is 37.6 Å². The third-order valence-corrected chi connectivity index (χ3v) is 5.10. The highest BCUT2D eigenvalue weighted by molar-refractivity contribution is 7.89. The van der Waals surface area contributed by atoms with Crippen molar-refractivity contribution >= 4 is 27.5 Å². The van der Waals surface area contributed by atoms with E-state index in [9.17, 15) is 13.2 Å². The minimum absolute atomic E-state index is 0.0573. The summed E-state index contributed by atoms with van der Waals surface area (Å²) in [5.74, 6) is 0.223. The highest BCUT2D eigenvalue weighted by Crippen LogP contribution is 2.33. The normalized spacial score (nSPS) is 21.6. The number of rotatable bonds is 4. The Morgan fingerprint density at radius 2 is 2.15 bits per heavy atom. The van der Waals surface area contributed by atoms with Crippen molar-refractivity contribution in [2.75, 3.05) is 0 Å². The first-order valence-electron chi connectivity index (χ1n) is 6.37. The van der Waals surface area contributed by atoms with Crippen LogP contribution in [-0.2, 0) is 10.0 Å². The number of primary sulfonamides is 1. The van der Waals surface area contributed by atoms with Gasteiger partial charge in [-0.3, -0.25) is 4.79 Å². The van der Waals surface area contributed by atoms with Gasteiger partial charge in [0.2, 0.25) is 10.0 Å². The average Bonchev–Trinajstić information content (AvgIpc) is 3.09. The fourth-order valence-electron chi connectivity index (χ4n) is 2.20. The molecule has 1 fully saturated rings. The fourth-order valence-corrected chi connectivity index (χ4v) is 3.34. The van der Waals surface area contributed by atoms with E-state index in [0.29, 0.717) is 11.5 Å². The highest BCUT2D eigenvalue weighted by atomic mass is 35.5. The molecule has 2 unspecified atom stereocenters. The maximum absolute atomic E-state index is 12.1. The van der Waals surface area contributed by atoms with Gasteiger partial charge < -0.3 is 5.32 Å². The molecule has 0 radical (unpaired) electrons. The molecule has 0 spiro atoms. The fraction of sp³-hybridized carbons (Fsp3) is 0.462. The Balaban J connectivity index is 2.29. The van der Waals surface area contributed by atoms with Crippen LogP contribution in [0.5, 0.6) is 0 Å². The third-order valence-electron chi connectivity index (χ3n) is 3.55. The number of amides is 1. The molecule has 0 aliphatic heterocycles. The van der Waals surface area contributed by atoms with Crippen LogP contribution in [0.25, 0.3) is 0 Å². The molecule has 3 N–H and O–H groups in total. The van der Waals surface area contributed by atoms with Gasteiger partial charge in [-0.1, -0.05) is 24.9 Å². The smallest absolute Gasteiger partial charge is 0.251 e. The molecule has 1 aliphatic rings. The van der Waals surface area contributed by atoms with Crippen molar-refractivity contribution in [3.8, 4) is 0 Å². The average molecular weight is 317 g/mol. The first-order chi connectivity index (χ1) is 9.24. The van der Waals surface area contributed by atoms with Gasteiger partial charge >= 0.3 is 0 Å². The van der Waals surface area contributed by atoms with Gasteiger partial charge in [0.15, 0.2) is 0 Å². The minimum atomic E-state index is -3.95. The standard InChI is InChI=1S/C13H17ClN2O3S/c1-3-8-5-10(8)16-13(17)9-4-7(2)12(14)11(6-9)20(15,18)19/h4,6,8,10H,3,5H2,1-2H3,(H,16,17)(H2,15,18,19). The molecular weight excluding hydrogens is 300 g/mol. The molecule has 1 aromatic carbocycles. The lowest BCUT2D eigenvalue weighted by Crippen LogP contribution is -2.27. The molecule has 0 saturated heterocycles. The van der Waals surface area contributed by atoms with Gasteiger partial charge in [-0.05, 0) is 37.0 Å². The van der Waals surface area contributed by atoms with Crippen LogP contribution in [0.3, 0.4) is 0 Å². The van der Waals surface area contributed by atoms with E-state index >= 15 is 0 Å². The lowest BCUT2D eigenvalue weighted by atomic mass is 10.1. The maximum atomic E-state index is 12.1. The van der Waals surface area contributed by atoms with Crippen LogP contribution in [0.1, 0.15) is 35.7 Å². The Kier molecular flexibility index (Phi) is 4.09. The quantitative estimate of drug-likeness (QED) is 0.888. The first kappa shape index (κ1) is 15.3. The summed E-state index contributed by atoms with van der Waals surface area (Å²) in [6, 6.07) is 2.97. The Bertz CT molecular complexity index is 658. The second-order valence-corrected chi connectivity index (χ2v) is 7.04. The second-order valence-electron chi connectivity index (χ2n) is 5.13. The molecule has 20 heavy (non-hydrogen) atoms. The Hall–Kier alpha value is -1.11. The number of sulfonamides is 1. The molecule has 2 atom stereocenters. The van der Waals surface area contributed by atoms with Gasteiger partial charge in [0, 0.05) is 11.6 Å². The lowest BCUT2D eigenvalue weighted by molar-refractivity contribution is 0.0948. The molecule has 0 aromatic heterocycles. The predicted molar refractivity (Wildman–Crippen MR) is 77.2 cm³/mol. The topological polar surface area (TPSA) is 89.3 Å². The molecular formula is C13H17ClN2O3S. The lowest BCUT2D eigenvalue weighted by Gasteiger charge is -2.10. The van der Waals surface area contributed by atoms with E-state index in [1.807, 2.05) is 0 Å². The second kappa shape index (κ2) is 5.35. The molecule has 1 amide bonds. The molecule has 5 nitrogen and oxygen atoms in total. The van der Waals surface area contributed by atoms with E-state index < -0.39 is 10.0 Å². The van der Waals surface area contributed by atoms with Crippen LogP contribution >= 0.6 is 11.6 Å². The summed E-state index contributed by atoms with van der Waals surface area (Å²) in [4.78, 5) is 11.9. The van der Waals surface area contributed by atoms with Crippen LogP contribution in [0.15, 0.2) is 17.0 Å². The van der Waals surface area contributed by atoms with Crippen LogP contribution < -0.4 is 10.5 Å². The van der Waals surface area contributed by atoms with Crippen LogP contribution in [0.4, 0.5) is 0 Å². The number of nitrogens with two attached hydrogens (primary N) is 1. The van der Waals surface area contributed by atoms with E-state index in [1.54, 1.807) is 13.0 Å². The van der Waals surface area contributed by atoms with Crippen molar-refractivity contribution in [1.82, 2.24) is 5.32 Å². The minimum Gasteiger partial charge on any atom is -0.349 e. The number of aryl methyl sites for hydroxylation is 1. The number of carbonyl (C=O) groups is 1. The Morgan fingerprint density at radius 3 is 2.65 bits per heavy atom. The van der Waals surface area contributed by atoms with Gasteiger partial charge in [0.25, 0.3) is 5.91 Å². The number of hydrogen-bond acceptors (Lipinski definition) is 3. The van der Waals surface area contributed by atoms with Crippen LogP contribution in [0.2, 0.25) is 5.02 Å². The van der Waals surface area contributed by atoms with Gasteiger partial charge in [-0.25, -0.2) is 13.6 Å². The molecule has 2 rings (SSSR count). The SMILES string of the molecule is CCC1CC1NC(=O)c1cc(C)c(Cl)c(S(N)(=O)=O)c1. The van der Waals surface area contributed by atoms with Gasteiger partial charge in [-0.15, -0.1) is 0 Å². The summed E-state index contributed by atoms with van der Waals surface area (Å²) in [7, 11) is -3.95. The molecule has 1 aliphatic carbocycles. The number of carbonyl (C=O) groups excluding carboxylic acids is 1. The van der Waals surface area contributed by atoms with Gasteiger partial charge in [-0.2, -0.15) is 0 Å². The number of nitrogens with one attached hydrogen (secondary N) is 1. The molecule has 1 aromatic rings. The third kappa shape index (κ3) is 3.13. The van der Waals surface area contributed by atoms with Crippen molar-refractivity contribution in [3.63, 3.8) is 0 Å². The Morgan fingerprint density at radius 1 is 1.50 bits per heavy atom. The van der Waals surface area contributed by atoms with Crippen molar-refractivity contribution in [1.29, 1.82) is 0 Å². The van der Waals surface area contributed by atoms with E-state index in [-0.39, 0.29) is 27.4 Å². The summed E-state index contributed by atoms with van der Waals surface area (Å²) >= 11 is 5.93. The molecule has 110 valence electrons. The zero-order valence-electron chi connectivity index (χ0n) is 11.3. The largest absolute Gasteiger partial charge is 0.349 e. The number of halogens is 1. The monoisotopic (exact) mass is 316 g/mol. The van der Waals surface area contributed by atoms with Crippen molar-refractivity contribution < 1.29 is 13.2 Å². The summed E-state index contributed by atoms with van der Waals surface area (Å²) in [6.45, 7) is 3.71. The van der Waals surface area contributed by atoms with E-state index in [1.165, 1.54) is 6.07 Å². The summed E-state index contributed by atoms with van der Waals surface area (Å²) in [5, 5.41) is 8.04. The Labute approximate surface area is 123 Å². The first-order valence-corrected chi connectivity index (χ1v) is 8.30. The van der Waals surface area contributed by atoms with Crippen molar-refractivity contribution in [3.05, 3.63) is 28.3 Å². The van der Waals surface area contributed by atoms with Gasteiger partial charge in [0.1, 0.15) is 4.90 Å². The summed E-state index contributed by atoms with van der Waals surface area (Å²) in [5.41, 5.74) is 0.767. The molecule has 0 heterocycles. The maximum Gasteiger partial charge on any atom is 0.251 e. The zero-order chi connectivity index (χ0) is 15.1. The summed E-state index contributed by atoms with van der Waals surface area (Å²) < 4.78 is 23.0. The van der Waals surface area contributed by atoms with E-state index in [2.05, 4.69) is 12.2 Å². The summed E-state index contributed by atoms with van der Waals surface area (Å²) in [6.07, 6.45) is 1.99. The van der Waals surface area contributed by atoms with Crippen LogP contribution in [0, 0.1) is 12.8 Å². The van der Waals surface area contributed by atoms with Gasteiger partial charge in [0.05, 0.1) is 5.02 Å². The molecule has 1 saturated carbocycles.